The molecule has 7 heteroatoms. The molecule has 2 N–H and O–H groups in total. The van der Waals surface area contributed by atoms with Crippen molar-refractivity contribution in [3.63, 3.8) is 0 Å². The Bertz CT molecular complexity index is 611. The predicted octanol–water partition coefficient (Wildman–Crippen LogP) is 2.35. The minimum absolute atomic E-state index is 0.0156. The Balaban J connectivity index is 1.87. The molecule has 1 aliphatic rings. The van der Waals surface area contributed by atoms with Crippen LogP contribution in [0.15, 0.2) is 29.2 Å². The molecule has 0 saturated heterocycles. The summed E-state index contributed by atoms with van der Waals surface area (Å²) >= 11 is 3.22. The highest BCUT2D eigenvalue weighted by Crippen LogP contribution is 2.20. The van der Waals surface area contributed by atoms with E-state index in [1.54, 1.807) is 24.3 Å². The van der Waals surface area contributed by atoms with Gasteiger partial charge in [0.05, 0.1) is 4.90 Å². The Morgan fingerprint density at radius 3 is 2.43 bits per heavy atom. The third kappa shape index (κ3) is 5.90. The molecule has 2 rings (SSSR count). The normalized spacial score (nSPS) is 15.7. The molecule has 1 saturated carbocycles. The van der Waals surface area contributed by atoms with Crippen molar-refractivity contribution < 1.29 is 13.2 Å². The molecule has 1 amide bonds. The molecule has 0 atom stereocenters. The van der Waals surface area contributed by atoms with Crippen LogP contribution >= 0.6 is 15.9 Å². The zero-order chi connectivity index (χ0) is 16.7. The van der Waals surface area contributed by atoms with Crippen molar-refractivity contribution in [3.05, 3.63) is 29.8 Å². The Morgan fingerprint density at radius 1 is 1.17 bits per heavy atom. The maximum absolute atomic E-state index is 12.3. The first-order chi connectivity index (χ1) is 11.0. The van der Waals surface area contributed by atoms with Crippen LogP contribution in [-0.2, 0) is 21.2 Å². The molecule has 0 radical (unpaired) electrons. The zero-order valence-corrected chi connectivity index (χ0v) is 15.5. The molecular weight excluding hydrogens is 380 g/mol. The fraction of sp³-hybridized carbons (Fsp3) is 0.562. The average Bonchev–Trinajstić information content (AvgIpc) is 3.00. The van der Waals surface area contributed by atoms with Gasteiger partial charge in [-0.1, -0.05) is 40.9 Å². The van der Waals surface area contributed by atoms with Gasteiger partial charge in [-0.05, 0) is 37.0 Å². The molecule has 0 bridgehead atoms. The number of carbonyl (C=O) groups is 1. The van der Waals surface area contributed by atoms with Gasteiger partial charge >= 0.3 is 0 Å². The smallest absolute Gasteiger partial charge is 0.240 e. The van der Waals surface area contributed by atoms with E-state index < -0.39 is 10.0 Å². The quantitative estimate of drug-likeness (QED) is 0.655. The van der Waals surface area contributed by atoms with Crippen LogP contribution in [0.2, 0.25) is 0 Å². The zero-order valence-electron chi connectivity index (χ0n) is 13.1. The molecule has 0 aromatic heterocycles. The Morgan fingerprint density at radius 2 is 1.83 bits per heavy atom. The van der Waals surface area contributed by atoms with Crippen molar-refractivity contribution in [2.75, 3.05) is 11.9 Å². The van der Waals surface area contributed by atoms with Crippen LogP contribution in [0.3, 0.4) is 0 Å². The molecule has 0 spiro atoms. The summed E-state index contributed by atoms with van der Waals surface area (Å²) in [6.45, 7) is 0.554. The first-order valence-electron chi connectivity index (χ1n) is 7.95. The highest BCUT2D eigenvalue weighted by molar-refractivity contribution is 9.09. The van der Waals surface area contributed by atoms with Crippen molar-refractivity contribution in [2.45, 2.75) is 49.5 Å². The van der Waals surface area contributed by atoms with Crippen LogP contribution in [0.1, 0.15) is 37.7 Å². The first-order valence-corrected chi connectivity index (χ1v) is 10.6. The van der Waals surface area contributed by atoms with Crippen molar-refractivity contribution in [3.8, 4) is 0 Å². The number of nitrogens with one attached hydrogen (secondary N) is 2. The number of rotatable bonds is 8. The summed E-state index contributed by atoms with van der Waals surface area (Å²) in [5.74, 6) is 0.0156. The molecular formula is C16H23BrN2O3S. The lowest BCUT2D eigenvalue weighted by molar-refractivity contribution is -0.120. The van der Waals surface area contributed by atoms with Crippen molar-refractivity contribution in [1.29, 1.82) is 0 Å². The summed E-state index contributed by atoms with van der Waals surface area (Å²) in [7, 11) is -3.43. The van der Waals surface area contributed by atoms with Gasteiger partial charge in [-0.15, -0.1) is 0 Å². The van der Waals surface area contributed by atoms with Gasteiger partial charge in [0.1, 0.15) is 0 Å². The van der Waals surface area contributed by atoms with Crippen molar-refractivity contribution >= 4 is 31.9 Å². The van der Waals surface area contributed by atoms with Gasteiger partial charge in [0.2, 0.25) is 15.9 Å². The highest BCUT2D eigenvalue weighted by atomic mass is 79.9. The second-order valence-corrected chi connectivity index (χ2v) is 8.29. The Labute approximate surface area is 146 Å². The standard InChI is InChI=1S/C16H23BrN2O3S/c17-11-9-16(20)18-12-10-13-5-7-15(8-6-13)23(21,22)19-14-3-1-2-4-14/h5-8,14,19H,1-4,9-12H2,(H,18,20). The molecule has 1 aromatic rings. The van der Waals surface area contributed by atoms with Crippen LogP contribution in [0, 0.1) is 0 Å². The lowest BCUT2D eigenvalue weighted by Crippen LogP contribution is -2.32. The fourth-order valence-corrected chi connectivity index (χ4v) is 4.35. The van der Waals surface area contributed by atoms with Crippen LogP contribution < -0.4 is 10.0 Å². The van der Waals surface area contributed by atoms with E-state index in [4.69, 9.17) is 0 Å². The van der Waals surface area contributed by atoms with Crippen LogP contribution in [-0.4, -0.2) is 32.2 Å². The number of sulfonamides is 1. The summed E-state index contributed by atoms with van der Waals surface area (Å²) in [6.07, 6.45) is 5.17. The van der Waals surface area contributed by atoms with Gasteiger partial charge in [0.25, 0.3) is 0 Å². The lowest BCUT2D eigenvalue weighted by atomic mass is 10.1. The van der Waals surface area contributed by atoms with Gasteiger partial charge in [-0.3, -0.25) is 4.79 Å². The molecule has 0 heterocycles. The number of hydrogen-bond acceptors (Lipinski definition) is 3. The third-order valence-electron chi connectivity index (χ3n) is 3.97. The largest absolute Gasteiger partial charge is 0.356 e. The van der Waals surface area contributed by atoms with Gasteiger partial charge in [-0.2, -0.15) is 0 Å². The molecule has 128 valence electrons. The van der Waals surface area contributed by atoms with Crippen molar-refractivity contribution in [1.82, 2.24) is 10.0 Å². The van der Waals surface area contributed by atoms with E-state index in [-0.39, 0.29) is 11.9 Å². The third-order valence-corrected chi connectivity index (χ3v) is 5.90. The maximum atomic E-state index is 12.3. The number of amides is 1. The van der Waals surface area contributed by atoms with Crippen LogP contribution in [0.25, 0.3) is 0 Å². The summed E-state index contributed by atoms with van der Waals surface area (Å²) in [5.41, 5.74) is 1.00. The molecule has 1 aromatic carbocycles. The summed E-state index contributed by atoms with van der Waals surface area (Å²) < 4.78 is 27.4. The van der Waals surface area contributed by atoms with E-state index >= 15 is 0 Å². The molecule has 0 aliphatic heterocycles. The lowest BCUT2D eigenvalue weighted by Gasteiger charge is -2.13. The van der Waals surface area contributed by atoms with E-state index in [9.17, 15) is 13.2 Å². The number of carbonyl (C=O) groups excluding carboxylic acids is 1. The van der Waals surface area contributed by atoms with Gasteiger partial charge < -0.3 is 5.32 Å². The number of benzene rings is 1. The van der Waals surface area contributed by atoms with E-state index in [1.807, 2.05) is 0 Å². The van der Waals surface area contributed by atoms with Crippen LogP contribution in [0.5, 0.6) is 0 Å². The van der Waals surface area contributed by atoms with Gasteiger partial charge in [-0.25, -0.2) is 13.1 Å². The molecule has 5 nitrogen and oxygen atoms in total. The fourth-order valence-electron chi connectivity index (χ4n) is 2.69. The topological polar surface area (TPSA) is 75.3 Å². The summed E-state index contributed by atoms with van der Waals surface area (Å²) in [6, 6.07) is 6.95. The number of alkyl halides is 1. The molecule has 1 aliphatic carbocycles. The SMILES string of the molecule is O=C(CCBr)NCCc1ccc(S(=O)(=O)NC2CCCC2)cc1. The summed E-state index contributed by atoms with van der Waals surface area (Å²) in [5, 5.41) is 3.48. The minimum atomic E-state index is -3.43. The van der Waals surface area contributed by atoms with Crippen LogP contribution in [0.4, 0.5) is 0 Å². The summed E-state index contributed by atoms with van der Waals surface area (Å²) in [4.78, 5) is 11.7. The Hall–Kier alpha value is -0.920. The minimum Gasteiger partial charge on any atom is -0.356 e. The Kier molecular flexibility index (Phi) is 7.05. The predicted molar refractivity (Wildman–Crippen MR) is 94.1 cm³/mol. The first kappa shape index (κ1) is 18.4. The van der Waals surface area contributed by atoms with Gasteiger partial charge in [0, 0.05) is 24.3 Å². The second kappa shape index (κ2) is 8.80. The van der Waals surface area contributed by atoms with E-state index in [2.05, 4.69) is 26.0 Å². The molecule has 0 unspecified atom stereocenters. The monoisotopic (exact) mass is 402 g/mol. The van der Waals surface area contributed by atoms with E-state index in [0.29, 0.717) is 29.6 Å². The van der Waals surface area contributed by atoms with E-state index in [1.165, 1.54) is 0 Å². The van der Waals surface area contributed by atoms with E-state index in [0.717, 1.165) is 31.2 Å². The van der Waals surface area contributed by atoms with Crippen molar-refractivity contribution in [2.24, 2.45) is 0 Å². The molecule has 1 fully saturated rings. The average molecular weight is 403 g/mol. The number of halogens is 1. The number of hydrogen-bond donors (Lipinski definition) is 2. The van der Waals surface area contributed by atoms with Gasteiger partial charge in [0.15, 0.2) is 0 Å². The maximum Gasteiger partial charge on any atom is 0.240 e. The molecule has 23 heavy (non-hydrogen) atoms. The second-order valence-electron chi connectivity index (χ2n) is 5.79. The highest BCUT2D eigenvalue weighted by Gasteiger charge is 2.22.